The number of aromatic nitrogens is 5. The highest BCUT2D eigenvalue weighted by molar-refractivity contribution is 7.91. The van der Waals surface area contributed by atoms with Gasteiger partial charge in [0.15, 0.2) is 5.69 Å². The minimum atomic E-state index is -3.53. The highest BCUT2D eigenvalue weighted by Gasteiger charge is 2.33. The molecule has 0 unspecified atom stereocenters. The van der Waals surface area contributed by atoms with Gasteiger partial charge in [-0.1, -0.05) is 6.07 Å². The van der Waals surface area contributed by atoms with Gasteiger partial charge in [0.2, 0.25) is 16.0 Å². The summed E-state index contributed by atoms with van der Waals surface area (Å²) in [6, 6.07) is 7.48. The summed E-state index contributed by atoms with van der Waals surface area (Å²) in [5.74, 6) is -3.21. The molecule has 14 heteroatoms. The van der Waals surface area contributed by atoms with E-state index in [2.05, 4.69) is 35.2 Å². The first-order valence-corrected chi connectivity index (χ1v) is 13.6. The molecule has 1 aromatic carbocycles. The molecule has 1 saturated heterocycles. The van der Waals surface area contributed by atoms with E-state index < -0.39 is 21.9 Å². The number of benzene rings is 1. The minimum absolute atomic E-state index is 0.116. The van der Waals surface area contributed by atoms with Crippen LogP contribution in [0, 0.1) is 0 Å². The first-order chi connectivity index (χ1) is 18.0. The van der Waals surface area contributed by atoms with E-state index in [-0.39, 0.29) is 30.2 Å². The second-order valence-corrected chi connectivity index (χ2v) is 10.9. The molecule has 11 nitrogen and oxygen atoms in total. The fraction of sp³-hybridized carbons (Fsp3) is 0.292. The Morgan fingerprint density at radius 3 is 2.53 bits per heavy atom. The third-order valence-corrected chi connectivity index (χ3v) is 6.64. The van der Waals surface area contributed by atoms with Gasteiger partial charge in [0.25, 0.3) is 11.8 Å². The average Bonchev–Trinajstić information content (AvgIpc) is 3.29. The van der Waals surface area contributed by atoms with Crippen LogP contribution in [0.4, 0.5) is 20.4 Å². The summed E-state index contributed by atoms with van der Waals surface area (Å²) in [4.78, 5) is 27.0. The van der Waals surface area contributed by atoms with Crippen LogP contribution in [-0.2, 0) is 16.6 Å². The highest BCUT2D eigenvalue weighted by Crippen LogP contribution is 2.29. The normalized spacial score (nSPS) is 15.9. The van der Waals surface area contributed by atoms with Crippen molar-refractivity contribution in [3.8, 4) is 11.1 Å². The van der Waals surface area contributed by atoms with Crippen molar-refractivity contribution in [1.29, 1.82) is 0 Å². The summed E-state index contributed by atoms with van der Waals surface area (Å²) >= 11 is 0. The number of nitrogens with zero attached hydrogens (tertiary/aromatic N) is 5. The van der Waals surface area contributed by atoms with Gasteiger partial charge in [-0.05, 0) is 29.3 Å². The van der Waals surface area contributed by atoms with Crippen LogP contribution in [0.2, 0.25) is 0 Å². The van der Waals surface area contributed by atoms with E-state index in [1.165, 1.54) is 12.4 Å². The molecule has 0 bridgehead atoms. The van der Waals surface area contributed by atoms with Crippen LogP contribution in [0.1, 0.15) is 28.9 Å². The molecular weight excluding hydrogens is 518 g/mol. The van der Waals surface area contributed by atoms with Crippen molar-refractivity contribution in [1.82, 2.24) is 30.0 Å². The number of halogens is 2. The van der Waals surface area contributed by atoms with E-state index in [1.807, 2.05) is 29.2 Å². The largest absolute Gasteiger partial charge is 0.318 e. The smallest absolute Gasteiger partial charge is 0.276 e. The number of rotatable bonds is 7. The molecule has 3 N–H and O–H groups in total. The van der Waals surface area contributed by atoms with Crippen molar-refractivity contribution >= 4 is 38.5 Å². The maximum atomic E-state index is 13.5. The zero-order chi connectivity index (χ0) is 26.9. The first kappa shape index (κ1) is 25.6. The van der Waals surface area contributed by atoms with Crippen molar-refractivity contribution < 1.29 is 22.0 Å². The summed E-state index contributed by atoms with van der Waals surface area (Å²) in [6.07, 6.45) is 6.68. The van der Waals surface area contributed by atoms with Crippen LogP contribution in [0.5, 0.6) is 0 Å². The molecule has 1 aliphatic rings. The van der Waals surface area contributed by atoms with E-state index in [0.717, 1.165) is 22.9 Å². The van der Waals surface area contributed by atoms with Gasteiger partial charge in [-0.3, -0.25) is 24.5 Å². The Bertz CT molecular complexity index is 1580. The lowest BCUT2D eigenvalue weighted by Gasteiger charge is -2.31. The number of carbonyl (C=O) groups excluding carboxylic acids is 1. The molecular formula is C24H24F2N8O3S. The highest BCUT2D eigenvalue weighted by atomic mass is 32.2. The molecule has 3 aromatic heterocycles. The predicted molar refractivity (Wildman–Crippen MR) is 137 cm³/mol. The fourth-order valence-corrected chi connectivity index (χ4v) is 4.63. The number of hydrogen-bond donors (Lipinski definition) is 3. The van der Waals surface area contributed by atoms with E-state index in [1.54, 1.807) is 12.4 Å². The summed E-state index contributed by atoms with van der Waals surface area (Å²) in [5, 5.41) is 10.2. The van der Waals surface area contributed by atoms with Crippen LogP contribution >= 0.6 is 0 Å². The number of hydrogen-bond acceptors (Lipinski definition) is 8. The van der Waals surface area contributed by atoms with Gasteiger partial charge in [-0.25, -0.2) is 27.2 Å². The van der Waals surface area contributed by atoms with Gasteiger partial charge in [0, 0.05) is 55.8 Å². The van der Waals surface area contributed by atoms with Gasteiger partial charge in [0.1, 0.15) is 0 Å². The maximum absolute atomic E-state index is 13.5. The number of anilines is 2. The number of carbonyl (C=O) groups is 1. The van der Waals surface area contributed by atoms with Crippen LogP contribution in [0.25, 0.3) is 22.0 Å². The molecule has 0 spiro atoms. The topological polar surface area (TPSA) is 146 Å². The van der Waals surface area contributed by atoms with Crippen LogP contribution in [0.3, 0.4) is 0 Å². The minimum Gasteiger partial charge on any atom is -0.318 e. The summed E-state index contributed by atoms with van der Waals surface area (Å²) in [5.41, 5.74) is 3.61. The first-order valence-electron chi connectivity index (χ1n) is 11.7. The molecule has 4 aromatic rings. The Balaban J connectivity index is 1.32. The Labute approximate surface area is 216 Å². The third-order valence-electron chi connectivity index (χ3n) is 6.09. The van der Waals surface area contributed by atoms with Gasteiger partial charge in [0.05, 0.1) is 29.9 Å². The number of H-pyrrole nitrogens is 1. The number of fused-ring (bicyclic) bond motifs is 1. The number of aromatic amines is 1. The van der Waals surface area contributed by atoms with Crippen LogP contribution in [0.15, 0.2) is 49.1 Å². The molecule has 0 aliphatic carbocycles. The predicted octanol–water partition coefficient (Wildman–Crippen LogP) is 3.27. The second-order valence-electron chi connectivity index (χ2n) is 9.17. The molecule has 0 atom stereocenters. The molecule has 1 fully saturated rings. The van der Waals surface area contributed by atoms with Crippen LogP contribution in [-0.4, -0.2) is 69.6 Å². The number of amides is 1. The monoisotopic (exact) mass is 542 g/mol. The molecule has 1 aliphatic heterocycles. The molecule has 198 valence electrons. The van der Waals surface area contributed by atoms with Crippen molar-refractivity contribution in [2.75, 3.05) is 29.4 Å². The van der Waals surface area contributed by atoms with E-state index in [4.69, 9.17) is 0 Å². The van der Waals surface area contributed by atoms with Crippen molar-refractivity contribution in [3.05, 3.63) is 60.3 Å². The Morgan fingerprint density at radius 1 is 1.08 bits per heavy atom. The van der Waals surface area contributed by atoms with E-state index in [0.29, 0.717) is 30.5 Å². The lowest BCUT2D eigenvalue weighted by atomic mass is 10.0. The second kappa shape index (κ2) is 10.0. The summed E-state index contributed by atoms with van der Waals surface area (Å²) < 4.78 is 51.7. The van der Waals surface area contributed by atoms with Gasteiger partial charge in [-0.15, -0.1) is 0 Å². The molecule has 1 amide bonds. The summed E-state index contributed by atoms with van der Waals surface area (Å²) in [7, 11) is -3.53. The van der Waals surface area contributed by atoms with Crippen molar-refractivity contribution in [3.63, 3.8) is 0 Å². The molecule has 5 rings (SSSR count). The lowest BCUT2D eigenvalue weighted by Crippen LogP contribution is -2.38. The molecule has 38 heavy (non-hydrogen) atoms. The standard InChI is InChI=1S/C24H24F2N8O3S/c1-38(36,37)33-23-28-12-18(13-29-23)30-22(35)21-19-9-16(2-3-20(19)31-32-21)17-8-15(10-27-11-17)14-34-6-4-24(25,26)5-7-34/h2-3,8-13H,4-7,14H2,1H3,(H,30,35)(H,31,32)(H,28,29,33). The summed E-state index contributed by atoms with van der Waals surface area (Å²) in [6.45, 7) is 1.19. The van der Waals surface area contributed by atoms with Gasteiger partial charge in [-0.2, -0.15) is 5.10 Å². The molecule has 0 radical (unpaired) electrons. The van der Waals surface area contributed by atoms with E-state index >= 15 is 0 Å². The zero-order valence-electron chi connectivity index (χ0n) is 20.3. The lowest BCUT2D eigenvalue weighted by molar-refractivity contribution is -0.0566. The zero-order valence-corrected chi connectivity index (χ0v) is 21.1. The number of likely N-dealkylation sites (tertiary alicyclic amines) is 1. The van der Waals surface area contributed by atoms with Crippen LogP contribution < -0.4 is 10.0 Å². The third kappa shape index (κ3) is 6.08. The number of sulfonamides is 1. The molecule has 4 heterocycles. The Hall–Kier alpha value is -4.04. The Morgan fingerprint density at radius 2 is 1.82 bits per heavy atom. The van der Waals surface area contributed by atoms with Crippen molar-refractivity contribution in [2.24, 2.45) is 0 Å². The fourth-order valence-electron chi connectivity index (χ4n) is 4.20. The van der Waals surface area contributed by atoms with Crippen molar-refractivity contribution in [2.45, 2.75) is 25.3 Å². The number of piperidine rings is 1. The Kier molecular flexibility index (Phi) is 6.75. The SMILES string of the molecule is CS(=O)(=O)Nc1ncc(NC(=O)c2n[nH]c3ccc(-c4cncc(CN5CCC(F)(F)CC5)c4)cc23)cn1. The van der Waals surface area contributed by atoms with Gasteiger partial charge >= 0.3 is 0 Å². The number of pyridine rings is 1. The van der Waals surface area contributed by atoms with Gasteiger partial charge < -0.3 is 5.32 Å². The van der Waals surface area contributed by atoms with E-state index in [9.17, 15) is 22.0 Å². The number of nitrogens with one attached hydrogen (secondary N) is 3. The average molecular weight is 543 g/mol. The quantitative estimate of drug-likeness (QED) is 0.323. The maximum Gasteiger partial charge on any atom is 0.276 e. The molecule has 0 saturated carbocycles. The number of alkyl halides is 2.